The van der Waals surface area contributed by atoms with Gasteiger partial charge in [-0.05, 0) is 6.55 Å². The summed E-state index contributed by atoms with van der Waals surface area (Å²) in [4.78, 5) is 18.2. The third-order valence-corrected chi connectivity index (χ3v) is 12.8. The first-order valence-electron chi connectivity index (χ1n) is 2.70. The van der Waals surface area contributed by atoms with Crippen LogP contribution < -0.4 is 0 Å². The van der Waals surface area contributed by atoms with Crippen molar-refractivity contribution >= 4 is 15.7 Å². The standard InChI is InChI=1S/C4H14O2Si2/c1-7(2,3)8(4,5)6/h5-6H,1-4H3. The van der Waals surface area contributed by atoms with Gasteiger partial charge in [0.05, 0.1) is 0 Å². The highest BCUT2D eigenvalue weighted by Crippen LogP contribution is 2.11. The molecule has 2 nitrogen and oxygen atoms in total. The maximum Gasteiger partial charge on any atom is 0.307 e. The maximum atomic E-state index is 9.11. The van der Waals surface area contributed by atoms with E-state index in [1.165, 1.54) is 0 Å². The minimum atomic E-state index is -2.72. The Morgan fingerprint density at radius 2 is 1.00 bits per heavy atom. The molecule has 0 aromatic carbocycles. The summed E-state index contributed by atoms with van der Waals surface area (Å²) in [6, 6.07) is 0. The fourth-order valence-corrected chi connectivity index (χ4v) is 0. The summed E-state index contributed by atoms with van der Waals surface area (Å²) in [6.07, 6.45) is 0. The topological polar surface area (TPSA) is 40.5 Å². The Labute approximate surface area is 52.2 Å². The lowest BCUT2D eigenvalue weighted by Gasteiger charge is -2.25. The Bertz CT molecular complexity index is 67.0. The predicted octanol–water partition coefficient (Wildman–Crippen LogP) is 0.460. The third kappa shape index (κ3) is 2.08. The van der Waals surface area contributed by atoms with Crippen LogP contribution in [-0.2, 0) is 0 Å². The minimum Gasteiger partial charge on any atom is -0.413 e. The monoisotopic (exact) mass is 150 g/mol. The smallest absolute Gasteiger partial charge is 0.307 e. The quantitative estimate of drug-likeness (QED) is 0.533. The Hall–Kier alpha value is 0.354. The Balaban J connectivity index is 4.02. The second kappa shape index (κ2) is 1.95. The zero-order valence-corrected chi connectivity index (χ0v) is 7.89. The van der Waals surface area contributed by atoms with Gasteiger partial charge in [0, 0.05) is 0 Å². The molecule has 0 unspecified atom stereocenters. The number of hydrogen-bond acceptors (Lipinski definition) is 2. The molecule has 0 radical (unpaired) electrons. The predicted molar refractivity (Wildman–Crippen MR) is 39.4 cm³/mol. The highest BCUT2D eigenvalue weighted by atomic mass is 29.3. The highest BCUT2D eigenvalue weighted by molar-refractivity contribution is 7.34. The van der Waals surface area contributed by atoms with Gasteiger partial charge in [-0.15, -0.1) is 0 Å². The van der Waals surface area contributed by atoms with Crippen LogP contribution >= 0.6 is 0 Å². The van der Waals surface area contributed by atoms with Crippen molar-refractivity contribution < 1.29 is 9.59 Å². The van der Waals surface area contributed by atoms with Crippen LogP contribution in [0.15, 0.2) is 0 Å². The summed E-state index contributed by atoms with van der Waals surface area (Å²) >= 11 is 0. The van der Waals surface area contributed by atoms with E-state index in [1.54, 1.807) is 6.55 Å². The van der Waals surface area contributed by atoms with Gasteiger partial charge in [-0.25, -0.2) is 0 Å². The van der Waals surface area contributed by atoms with Crippen molar-refractivity contribution in [2.45, 2.75) is 26.2 Å². The lowest BCUT2D eigenvalue weighted by atomic mass is 11.8. The first-order valence-corrected chi connectivity index (χ1v) is 9.59. The van der Waals surface area contributed by atoms with Gasteiger partial charge in [-0.1, -0.05) is 19.6 Å². The van der Waals surface area contributed by atoms with Crippen molar-refractivity contribution in [2.24, 2.45) is 0 Å². The molecule has 0 aliphatic carbocycles. The zero-order chi connectivity index (χ0) is 7.00. The van der Waals surface area contributed by atoms with Crippen molar-refractivity contribution in [3.63, 3.8) is 0 Å². The van der Waals surface area contributed by atoms with Gasteiger partial charge >= 0.3 is 8.08 Å². The van der Waals surface area contributed by atoms with E-state index in [2.05, 4.69) is 0 Å². The van der Waals surface area contributed by atoms with Crippen LogP contribution in [0, 0.1) is 0 Å². The molecule has 0 saturated carbocycles. The summed E-state index contributed by atoms with van der Waals surface area (Å²) in [5, 5.41) is 0. The van der Waals surface area contributed by atoms with Gasteiger partial charge in [0.2, 0.25) is 0 Å². The molecule has 0 aliphatic rings. The Morgan fingerprint density at radius 1 is 0.875 bits per heavy atom. The van der Waals surface area contributed by atoms with Crippen LogP contribution in [0.4, 0.5) is 0 Å². The maximum absolute atomic E-state index is 9.11. The zero-order valence-electron chi connectivity index (χ0n) is 5.89. The van der Waals surface area contributed by atoms with E-state index < -0.39 is 15.7 Å². The van der Waals surface area contributed by atoms with Crippen LogP contribution in [0.3, 0.4) is 0 Å². The van der Waals surface area contributed by atoms with Crippen molar-refractivity contribution in [3.8, 4) is 0 Å². The molecule has 0 heterocycles. The molecule has 2 N–H and O–H groups in total. The van der Waals surface area contributed by atoms with E-state index in [-0.39, 0.29) is 0 Å². The first kappa shape index (κ1) is 8.35. The molecule has 0 rings (SSSR count). The van der Waals surface area contributed by atoms with E-state index in [9.17, 15) is 0 Å². The molecule has 0 atom stereocenters. The van der Waals surface area contributed by atoms with E-state index in [0.717, 1.165) is 0 Å². The van der Waals surface area contributed by atoms with Gasteiger partial charge in [0.15, 0.2) is 0 Å². The molecule has 0 bridgehead atoms. The van der Waals surface area contributed by atoms with Gasteiger partial charge < -0.3 is 9.59 Å². The Kier molecular flexibility index (Phi) is 2.03. The molecule has 0 fully saturated rings. The lowest BCUT2D eigenvalue weighted by molar-refractivity contribution is 0.397. The number of hydrogen-bond donors (Lipinski definition) is 2. The van der Waals surface area contributed by atoms with Crippen molar-refractivity contribution in [1.82, 2.24) is 0 Å². The summed E-state index contributed by atoms with van der Waals surface area (Å²) < 4.78 is 0. The summed E-state index contributed by atoms with van der Waals surface area (Å²) in [5.41, 5.74) is 0. The van der Waals surface area contributed by atoms with Crippen LogP contribution in [0.25, 0.3) is 0 Å². The fourth-order valence-electron chi connectivity index (χ4n) is 0. The molecule has 4 heteroatoms. The molecule has 0 amide bonds. The second-order valence-electron chi connectivity index (χ2n) is 3.27. The normalized spacial score (nSPS) is 14.2. The SMILES string of the molecule is C[Si](C)(C)[Si](C)(O)O. The first-order chi connectivity index (χ1) is 3.25. The van der Waals surface area contributed by atoms with E-state index in [1.807, 2.05) is 19.6 Å². The molecule has 0 aromatic rings. The van der Waals surface area contributed by atoms with Gasteiger partial charge in [-0.3, -0.25) is 0 Å². The molecule has 0 aliphatic heterocycles. The van der Waals surface area contributed by atoms with Gasteiger partial charge in [0.25, 0.3) is 0 Å². The largest absolute Gasteiger partial charge is 0.413 e. The van der Waals surface area contributed by atoms with Gasteiger partial charge in [0.1, 0.15) is 7.59 Å². The third-order valence-electron chi connectivity index (χ3n) is 1.42. The summed E-state index contributed by atoms with van der Waals surface area (Å²) in [5.74, 6) is 0. The van der Waals surface area contributed by atoms with Crippen LogP contribution in [0.2, 0.25) is 26.2 Å². The Morgan fingerprint density at radius 3 is 1.00 bits per heavy atom. The van der Waals surface area contributed by atoms with E-state index in [0.29, 0.717) is 0 Å². The second-order valence-corrected chi connectivity index (χ2v) is 17.2. The average Bonchev–Trinajstić information content (AvgIpc) is 1.25. The van der Waals surface area contributed by atoms with Crippen molar-refractivity contribution in [1.29, 1.82) is 0 Å². The summed E-state index contributed by atoms with van der Waals surface area (Å²) in [6.45, 7) is 7.50. The van der Waals surface area contributed by atoms with Crippen LogP contribution in [0.1, 0.15) is 0 Å². The van der Waals surface area contributed by atoms with Crippen LogP contribution in [0.5, 0.6) is 0 Å². The molecule has 0 saturated heterocycles. The van der Waals surface area contributed by atoms with Gasteiger partial charge in [-0.2, -0.15) is 0 Å². The lowest BCUT2D eigenvalue weighted by Crippen LogP contribution is -2.55. The average molecular weight is 150 g/mol. The highest BCUT2D eigenvalue weighted by Gasteiger charge is 2.39. The van der Waals surface area contributed by atoms with Crippen molar-refractivity contribution in [2.75, 3.05) is 0 Å². The summed E-state index contributed by atoms with van der Waals surface area (Å²) in [7, 11) is -4.33. The molecule has 8 heavy (non-hydrogen) atoms. The minimum absolute atomic E-state index is 1.58. The molecular formula is C4H14O2Si2. The van der Waals surface area contributed by atoms with E-state index in [4.69, 9.17) is 9.59 Å². The molecule has 50 valence electrons. The van der Waals surface area contributed by atoms with Crippen LogP contribution in [-0.4, -0.2) is 25.3 Å². The van der Waals surface area contributed by atoms with E-state index >= 15 is 0 Å². The fraction of sp³-hybridized carbons (Fsp3) is 1.00. The molecule has 0 spiro atoms. The molecular weight excluding hydrogens is 136 g/mol. The molecule has 0 aromatic heterocycles. The number of rotatable bonds is 1. The van der Waals surface area contributed by atoms with Crippen molar-refractivity contribution in [3.05, 3.63) is 0 Å².